The Morgan fingerprint density at radius 3 is 2.62 bits per heavy atom. The molecule has 0 spiro atoms. The number of aryl methyl sites for hydroxylation is 1. The van der Waals surface area contributed by atoms with Crippen molar-refractivity contribution in [3.8, 4) is 16.8 Å². The molecule has 5 nitrogen and oxygen atoms in total. The van der Waals surface area contributed by atoms with E-state index in [1.165, 1.54) is 5.56 Å². The first-order valence-corrected chi connectivity index (χ1v) is 9.04. The van der Waals surface area contributed by atoms with Gasteiger partial charge in [0.2, 0.25) is 5.91 Å². The van der Waals surface area contributed by atoms with Gasteiger partial charge in [-0.15, -0.1) is 0 Å². The van der Waals surface area contributed by atoms with Gasteiger partial charge in [0.05, 0.1) is 11.9 Å². The van der Waals surface area contributed by atoms with Crippen LogP contribution in [0.15, 0.2) is 55.1 Å². The fourth-order valence-corrected chi connectivity index (χ4v) is 3.56. The van der Waals surface area contributed by atoms with E-state index in [1.54, 1.807) is 12.4 Å². The Bertz CT molecular complexity index is 930. The van der Waals surface area contributed by atoms with Crippen molar-refractivity contribution >= 4 is 11.6 Å². The molecule has 0 bridgehead atoms. The predicted molar refractivity (Wildman–Crippen MR) is 102 cm³/mol. The Kier molecular flexibility index (Phi) is 4.29. The van der Waals surface area contributed by atoms with E-state index >= 15 is 0 Å². The van der Waals surface area contributed by atoms with Gasteiger partial charge in [-0.25, -0.2) is 4.68 Å². The quantitative estimate of drug-likeness (QED) is 0.720. The van der Waals surface area contributed by atoms with Crippen LogP contribution < -0.4 is 4.90 Å². The molecule has 0 atom stereocenters. The Balaban J connectivity index is 1.71. The van der Waals surface area contributed by atoms with E-state index in [0.29, 0.717) is 6.42 Å². The van der Waals surface area contributed by atoms with E-state index in [-0.39, 0.29) is 11.9 Å². The summed E-state index contributed by atoms with van der Waals surface area (Å²) in [6, 6.07) is 10.4. The lowest BCUT2D eigenvalue weighted by Gasteiger charge is -2.27. The van der Waals surface area contributed by atoms with Crippen LogP contribution in [0.2, 0.25) is 0 Å². The third-order valence-electron chi connectivity index (χ3n) is 4.81. The lowest BCUT2D eigenvalue weighted by Crippen LogP contribution is -2.36. The molecule has 3 aromatic rings. The first kappa shape index (κ1) is 16.5. The molecular weight excluding hydrogens is 324 g/mol. The predicted octanol–water partition coefficient (Wildman–Crippen LogP) is 4.01. The van der Waals surface area contributed by atoms with Crippen molar-refractivity contribution in [1.82, 2.24) is 14.8 Å². The van der Waals surface area contributed by atoms with E-state index < -0.39 is 0 Å². The highest BCUT2D eigenvalue weighted by atomic mass is 16.2. The summed E-state index contributed by atoms with van der Waals surface area (Å²) in [6.45, 7) is 4.13. The molecule has 0 fully saturated rings. The fourth-order valence-electron chi connectivity index (χ4n) is 3.56. The van der Waals surface area contributed by atoms with E-state index in [9.17, 15) is 4.79 Å². The minimum atomic E-state index is 0.160. The highest BCUT2D eigenvalue weighted by Gasteiger charge is 2.24. The minimum Gasteiger partial charge on any atom is -0.310 e. The molecule has 0 saturated carbocycles. The van der Waals surface area contributed by atoms with Crippen LogP contribution in [0.3, 0.4) is 0 Å². The average molecular weight is 346 g/mol. The summed E-state index contributed by atoms with van der Waals surface area (Å²) < 4.78 is 1.89. The second-order valence-corrected chi connectivity index (χ2v) is 6.93. The monoisotopic (exact) mass is 346 g/mol. The molecule has 0 unspecified atom stereocenters. The van der Waals surface area contributed by atoms with Crippen molar-refractivity contribution in [2.24, 2.45) is 0 Å². The molecule has 2 aromatic heterocycles. The second kappa shape index (κ2) is 6.75. The number of carbonyl (C=O) groups excluding carboxylic acids is 1. The molecule has 4 rings (SSSR count). The fraction of sp³-hybridized carbons (Fsp3) is 0.286. The van der Waals surface area contributed by atoms with Gasteiger partial charge < -0.3 is 4.90 Å². The molecule has 0 N–H and O–H groups in total. The highest BCUT2D eigenvalue weighted by Crippen LogP contribution is 2.31. The topological polar surface area (TPSA) is 51.0 Å². The molecule has 0 aliphatic carbocycles. The summed E-state index contributed by atoms with van der Waals surface area (Å²) in [4.78, 5) is 18.4. The van der Waals surface area contributed by atoms with Crippen molar-refractivity contribution in [3.63, 3.8) is 0 Å². The Morgan fingerprint density at radius 1 is 1.04 bits per heavy atom. The van der Waals surface area contributed by atoms with Crippen molar-refractivity contribution in [1.29, 1.82) is 0 Å². The van der Waals surface area contributed by atoms with Crippen LogP contribution in [0.25, 0.3) is 16.8 Å². The van der Waals surface area contributed by atoms with E-state index in [4.69, 9.17) is 0 Å². The van der Waals surface area contributed by atoms with Gasteiger partial charge in [0.25, 0.3) is 0 Å². The number of aromatic nitrogens is 3. The maximum absolute atomic E-state index is 12.4. The van der Waals surface area contributed by atoms with Gasteiger partial charge in [0.1, 0.15) is 0 Å². The Labute approximate surface area is 153 Å². The molecule has 0 saturated heterocycles. The molecule has 1 aliphatic rings. The van der Waals surface area contributed by atoms with Gasteiger partial charge in [0, 0.05) is 42.3 Å². The normalized spacial score (nSPS) is 14.4. The smallest absolute Gasteiger partial charge is 0.227 e. The summed E-state index contributed by atoms with van der Waals surface area (Å²) >= 11 is 0. The molecule has 1 amide bonds. The summed E-state index contributed by atoms with van der Waals surface area (Å²) in [5.41, 5.74) is 5.41. The number of pyridine rings is 1. The Morgan fingerprint density at radius 2 is 1.85 bits per heavy atom. The summed E-state index contributed by atoms with van der Waals surface area (Å²) in [5, 5.41) is 4.52. The van der Waals surface area contributed by atoms with Gasteiger partial charge in [-0.3, -0.25) is 9.78 Å². The number of nitrogens with zero attached hydrogens (tertiary/aromatic N) is 4. The maximum atomic E-state index is 12.4. The van der Waals surface area contributed by atoms with Gasteiger partial charge in [-0.1, -0.05) is 0 Å². The lowest BCUT2D eigenvalue weighted by molar-refractivity contribution is -0.118. The average Bonchev–Trinajstić information content (AvgIpc) is 3.07. The van der Waals surface area contributed by atoms with Gasteiger partial charge in [-0.05, 0) is 68.1 Å². The molecule has 1 aliphatic heterocycles. The molecule has 3 heterocycles. The van der Waals surface area contributed by atoms with Crippen LogP contribution in [0.4, 0.5) is 5.69 Å². The van der Waals surface area contributed by atoms with Crippen molar-refractivity contribution in [3.05, 3.63) is 60.7 Å². The number of carbonyl (C=O) groups is 1. The van der Waals surface area contributed by atoms with Crippen LogP contribution in [-0.2, 0) is 11.2 Å². The summed E-state index contributed by atoms with van der Waals surface area (Å²) in [7, 11) is 0. The summed E-state index contributed by atoms with van der Waals surface area (Å²) in [5.74, 6) is 0.213. The Hall–Kier alpha value is -2.95. The number of hydrogen-bond acceptors (Lipinski definition) is 3. The van der Waals surface area contributed by atoms with Gasteiger partial charge >= 0.3 is 0 Å². The molecule has 26 heavy (non-hydrogen) atoms. The van der Waals surface area contributed by atoms with Gasteiger partial charge in [-0.2, -0.15) is 5.10 Å². The first-order valence-electron chi connectivity index (χ1n) is 9.04. The van der Waals surface area contributed by atoms with E-state index in [2.05, 4.69) is 36.1 Å². The zero-order chi connectivity index (χ0) is 18.1. The van der Waals surface area contributed by atoms with Crippen LogP contribution in [-0.4, -0.2) is 26.7 Å². The molecule has 132 valence electrons. The maximum Gasteiger partial charge on any atom is 0.227 e. The lowest BCUT2D eigenvalue weighted by atomic mass is 10.1. The third kappa shape index (κ3) is 3.01. The minimum absolute atomic E-state index is 0.160. The zero-order valence-electron chi connectivity index (χ0n) is 15.1. The number of benzene rings is 1. The number of hydrogen-bond donors (Lipinski definition) is 0. The standard InChI is InChI=1S/C21H22N4O/c1-15(2)25-20-7-6-19(12-17(20)4-3-5-21(25)26)24-14-18(13-23-24)16-8-10-22-11-9-16/h6-15H,3-5H2,1-2H3. The van der Waals surface area contributed by atoms with Crippen LogP contribution >= 0.6 is 0 Å². The van der Waals surface area contributed by atoms with E-state index in [1.807, 2.05) is 40.2 Å². The molecule has 5 heteroatoms. The first-order chi connectivity index (χ1) is 12.6. The number of rotatable bonds is 3. The second-order valence-electron chi connectivity index (χ2n) is 6.93. The van der Waals surface area contributed by atoms with Crippen LogP contribution in [0.5, 0.6) is 0 Å². The van der Waals surface area contributed by atoms with Crippen LogP contribution in [0, 0.1) is 0 Å². The van der Waals surface area contributed by atoms with Crippen molar-refractivity contribution < 1.29 is 4.79 Å². The summed E-state index contributed by atoms with van der Waals surface area (Å²) in [6.07, 6.45) is 9.87. The SMILES string of the molecule is CC(C)N1C(=O)CCCc2cc(-n3cc(-c4ccncc4)cn3)ccc21. The molecule has 1 aromatic carbocycles. The number of anilines is 1. The molecule has 0 radical (unpaired) electrons. The number of amides is 1. The number of fused-ring (bicyclic) bond motifs is 1. The molecular formula is C21H22N4O. The largest absolute Gasteiger partial charge is 0.310 e. The zero-order valence-corrected chi connectivity index (χ0v) is 15.1. The van der Waals surface area contributed by atoms with Crippen LogP contribution in [0.1, 0.15) is 32.3 Å². The van der Waals surface area contributed by atoms with Gasteiger partial charge in [0.15, 0.2) is 0 Å². The third-order valence-corrected chi connectivity index (χ3v) is 4.81. The van der Waals surface area contributed by atoms with Crippen molar-refractivity contribution in [2.45, 2.75) is 39.2 Å². The highest BCUT2D eigenvalue weighted by molar-refractivity contribution is 5.95. The van der Waals surface area contributed by atoms with Crippen molar-refractivity contribution in [2.75, 3.05) is 4.90 Å². The van der Waals surface area contributed by atoms with E-state index in [0.717, 1.165) is 35.3 Å².